The Morgan fingerprint density at radius 3 is 3.17 bits per heavy atom. The molecule has 0 aromatic carbocycles. The molecule has 0 radical (unpaired) electrons. The van der Waals surface area contributed by atoms with Crippen molar-refractivity contribution in [3.05, 3.63) is 17.0 Å². The van der Waals surface area contributed by atoms with Gasteiger partial charge in [0, 0.05) is 24.7 Å². The molecule has 1 aliphatic rings. The van der Waals surface area contributed by atoms with Crippen molar-refractivity contribution in [3.63, 3.8) is 0 Å². The molecule has 0 bridgehead atoms. The summed E-state index contributed by atoms with van der Waals surface area (Å²) in [5.41, 5.74) is 3.89. The second-order valence-electron chi connectivity index (χ2n) is 3.15. The van der Waals surface area contributed by atoms with Crippen LogP contribution in [0.3, 0.4) is 0 Å². The highest BCUT2D eigenvalue weighted by atomic mass is 16.5. The Labute approximate surface area is 72.3 Å². The summed E-state index contributed by atoms with van der Waals surface area (Å²) < 4.78 is 7.40. The lowest BCUT2D eigenvalue weighted by Gasteiger charge is -2.13. The van der Waals surface area contributed by atoms with E-state index >= 15 is 0 Å². The maximum absolute atomic E-state index is 5.40. The van der Waals surface area contributed by atoms with Gasteiger partial charge in [-0.2, -0.15) is 5.10 Å². The molecule has 1 aliphatic heterocycles. The Morgan fingerprint density at radius 1 is 1.58 bits per heavy atom. The molecule has 1 aromatic heterocycles. The molecule has 12 heavy (non-hydrogen) atoms. The minimum absolute atomic E-state index is 0.756. The van der Waals surface area contributed by atoms with Crippen molar-refractivity contribution in [1.82, 2.24) is 9.78 Å². The maximum Gasteiger partial charge on any atom is 0.0753 e. The molecule has 0 aliphatic carbocycles. The maximum atomic E-state index is 5.40. The lowest BCUT2D eigenvalue weighted by molar-refractivity contribution is 0.108. The van der Waals surface area contributed by atoms with Crippen LogP contribution >= 0.6 is 0 Å². The Balaban J connectivity index is 2.47. The molecule has 2 heterocycles. The molecule has 1 aromatic rings. The van der Waals surface area contributed by atoms with Gasteiger partial charge in [-0.3, -0.25) is 4.68 Å². The van der Waals surface area contributed by atoms with Crippen LogP contribution in [-0.2, 0) is 31.2 Å². The molecule has 0 N–H and O–H groups in total. The molecule has 0 saturated carbocycles. The van der Waals surface area contributed by atoms with Crippen LogP contribution in [0.1, 0.15) is 23.9 Å². The second kappa shape index (κ2) is 2.90. The van der Waals surface area contributed by atoms with Gasteiger partial charge in [0.15, 0.2) is 0 Å². The van der Waals surface area contributed by atoms with Crippen LogP contribution in [0.15, 0.2) is 0 Å². The molecular formula is C9H14N2O. The van der Waals surface area contributed by atoms with Gasteiger partial charge in [0.25, 0.3) is 0 Å². The standard InChI is InChI=1S/C9H14N2O/c1-3-8-7-6-12-5-4-9(7)11(2)10-8/h3-6H2,1-2H3. The molecule has 66 valence electrons. The van der Waals surface area contributed by atoms with Crippen LogP contribution in [0, 0.1) is 0 Å². The minimum Gasteiger partial charge on any atom is -0.376 e. The monoisotopic (exact) mass is 166 g/mol. The van der Waals surface area contributed by atoms with Gasteiger partial charge in [0.1, 0.15) is 0 Å². The summed E-state index contributed by atoms with van der Waals surface area (Å²) in [6.45, 7) is 3.74. The molecule has 2 rings (SSSR count). The van der Waals surface area contributed by atoms with Crippen molar-refractivity contribution in [2.24, 2.45) is 7.05 Å². The van der Waals surface area contributed by atoms with Crippen molar-refractivity contribution in [3.8, 4) is 0 Å². The van der Waals surface area contributed by atoms with E-state index in [0.29, 0.717) is 0 Å². The summed E-state index contributed by atoms with van der Waals surface area (Å²) in [6, 6.07) is 0. The van der Waals surface area contributed by atoms with Gasteiger partial charge in [-0.15, -0.1) is 0 Å². The van der Waals surface area contributed by atoms with Crippen LogP contribution in [-0.4, -0.2) is 16.4 Å². The highest BCUT2D eigenvalue weighted by molar-refractivity contribution is 5.27. The second-order valence-corrected chi connectivity index (χ2v) is 3.15. The summed E-state index contributed by atoms with van der Waals surface area (Å²) in [5, 5.41) is 4.45. The Kier molecular flexibility index (Phi) is 1.89. The largest absolute Gasteiger partial charge is 0.376 e. The third-order valence-electron chi connectivity index (χ3n) is 2.42. The fraction of sp³-hybridized carbons (Fsp3) is 0.667. The van der Waals surface area contributed by atoms with E-state index in [4.69, 9.17) is 4.74 Å². The lowest BCUT2D eigenvalue weighted by atomic mass is 10.1. The van der Waals surface area contributed by atoms with E-state index in [1.165, 1.54) is 17.0 Å². The summed E-state index contributed by atoms with van der Waals surface area (Å²) in [6.07, 6.45) is 2.02. The Morgan fingerprint density at radius 2 is 2.42 bits per heavy atom. The van der Waals surface area contributed by atoms with Crippen LogP contribution in [0.2, 0.25) is 0 Å². The smallest absolute Gasteiger partial charge is 0.0753 e. The fourth-order valence-electron chi connectivity index (χ4n) is 1.77. The Hall–Kier alpha value is -0.830. The first-order valence-corrected chi connectivity index (χ1v) is 4.44. The molecule has 0 spiro atoms. The van der Waals surface area contributed by atoms with Crippen LogP contribution in [0.5, 0.6) is 0 Å². The van der Waals surface area contributed by atoms with E-state index in [9.17, 15) is 0 Å². The first-order chi connectivity index (χ1) is 5.83. The number of nitrogens with zero attached hydrogens (tertiary/aromatic N) is 2. The summed E-state index contributed by atoms with van der Waals surface area (Å²) in [4.78, 5) is 0. The molecular weight excluding hydrogens is 152 g/mol. The summed E-state index contributed by atoms with van der Waals surface area (Å²) >= 11 is 0. The van der Waals surface area contributed by atoms with Gasteiger partial charge in [-0.05, 0) is 6.42 Å². The zero-order valence-electron chi connectivity index (χ0n) is 7.63. The quantitative estimate of drug-likeness (QED) is 0.623. The van der Waals surface area contributed by atoms with Gasteiger partial charge in [0.2, 0.25) is 0 Å². The van der Waals surface area contributed by atoms with E-state index in [1.54, 1.807) is 0 Å². The van der Waals surface area contributed by atoms with Crippen molar-refractivity contribution in [1.29, 1.82) is 0 Å². The number of fused-ring (bicyclic) bond motifs is 1. The van der Waals surface area contributed by atoms with Gasteiger partial charge >= 0.3 is 0 Å². The summed E-state index contributed by atoms with van der Waals surface area (Å²) in [5.74, 6) is 0. The average molecular weight is 166 g/mol. The molecule has 0 amide bonds. The van der Waals surface area contributed by atoms with Gasteiger partial charge in [-0.25, -0.2) is 0 Å². The number of ether oxygens (including phenoxy) is 1. The van der Waals surface area contributed by atoms with Crippen LogP contribution in [0.4, 0.5) is 0 Å². The van der Waals surface area contributed by atoms with E-state index in [1.807, 2.05) is 11.7 Å². The predicted molar refractivity (Wildman–Crippen MR) is 45.9 cm³/mol. The predicted octanol–water partition coefficient (Wildman–Crippen LogP) is 1.06. The topological polar surface area (TPSA) is 27.1 Å². The van der Waals surface area contributed by atoms with E-state index in [0.717, 1.165) is 26.1 Å². The molecule has 0 atom stereocenters. The van der Waals surface area contributed by atoms with Crippen LogP contribution < -0.4 is 0 Å². The first-order valence-electron chi connectivity index (χ1n) is 4.44. The number of hydrogen-bond acceptors (Lipinski definition) is 2. The van der Waals surface area contributed by atoms with Gasteiger partial charge < -0.3 is 4.74 Å². The van der Waals surface area contributed by atoms with Crippen molar-refractivity contribution >= 4 is 0 Å². The highest BCUT2D eigenvalue weighted by Gasteiger charge is 2.17. The van der Waals surface area contributed by atoms with Crippen molar-refractivity contribution < 1.29 is 4.74 Å². The van der Waals surface area contributed by atoms with Gasteiger partial charge in [0.05, 0.1) is 18.9 Å². The average Bonchev–Trinajstić information content (AvgIpc) is 2.44. The number of aromatic nitrogens is 2. The van der Waals surface area contributed by atoms with Crippen molar-refractivity contribution in [2.45, 2.75) is 26.4 Å². The molecule has 0 unspecified atom stereocenters. The van der Waals surface area contributed by atoms with E-state index in [-0.39, 0.29) is 0 Å². The molecule has 0 fully saturated rings. The molecule has 0 saturated heterocycles. The number of aryl methyl sites for hydroxylation is 2. The third kappa shape index (κ3) is 1.05. The van der Waals surface area contributed by atoms with Crippen LogP contribution in [0.25, 0.3) is 0 Å². The third-order valence-corrected chi connectivity index (χ3v) is 2.42. The highest BCUT2D eigenvalue weighted by Crippen LogP contribution is 2.19. The van der Waals surface area contributed by atoms with E-state index in [2.05, 4.69) is 12.0 Å². The van der Waals surface area contributed by atoms with Gasteiger partial charge in [-0.1, -0.05) is 6.92 Å². The minimum atomic E-state index is 0.756. The first kappa shape index (κ1) is 7.80. The molecule has 3 heteroatoms. The SMILES string of the molecule is CCc1nn(C)c2c1COCC2. The summed E-state index contributed by atoms with van der Waals surface area (Å²) in [7, 11) is 2.02. The lowest BCUT2D eigenvalue weighted by Crippen LogP contribution is -2.12. The molecule has 3 nitrogen and oxygen atoms in total. The van der Waals surface area contributed by atoms with Crippen molar-refractivity contribution in [2.75, 3.05) is 6.61 Å². The van der Waals surface area contributed by atoms with E-state index < -0.39 is 0 Å². The number of hydrogen-bond donors (Lipinski definition) is 0. The fourth-order valence-corrected chi connectivity index (χ4v) is 1.77. The number of rotatable bonds is 1. The zero-order valence-corrected chi connectivity index (χ0v) is 7.63. The Bertz CT molecular complexity index is 291. The normalized spacial score (nSPS) is 16.2. The zero-order chi connectivity index (χ0) is 8.55.